The summed E-state index contributed by atoms with van der Waals surface area (Å²) in [4.78, 5) is 0. The van der Waals surface area contributed by atoms with Crippen molar-refractivity contribution in [3.05, 3.63) is 83.9 Å². The average Bonchev–Trinajstić information content (AvgIpc) is 3.33. The fourth-order valence-corrected chi connectivity index (χ4v) is 5.89. The second-order valence-corrected chi connectivity index (χ2v) is 8.80. The minimum Gasteiger partial charge on any atom is -0.396 e. The molecule has 1 unspecified atom stereocenters. The largest absolute Gasteiger partial charge is 0.396 e. The van der Waals surface area contributed by atoms with Crippen molar-refractivity contribution in [3.63, 3.8) is 0 Å². The highest BCUT2D eigenvalue weighted by atomic mass is 16.7. The van der Waals surface area contributed by atoms with Crippen LogP contribution in [0, 0.1) is 11.3 Å². The van der Waals surface area contributed by atoms with Crippen LogP contribution in [-0.2, 0) is 9.47 Å². The van der Waals surface area contributed by atoms with Crippen molar-refractivity contribution >= 4 is 11.1 Å². The fraction of sp³-hybridized carbons (Fsp3) is 0.429. The molecular weight excluding hydrogens is 384 g/mol. The summed E-state index contributed by atoms with van der Waals surface area (Å²) in [5.41, 5.74) is 6.55. The van der Waals surface area contributed by atoms with E-state index in [4.69, 9.17) is 16.1 Å². The van der Waals surface area contributed by atoms with Crippen LogP contribution in [0.4, 0.5) is 0 Å². The van der Waals surface area contributed by atoms with Crippen LogP contribution in [0.1, 0.15) is 49.7 Å². The maximum atomic E-state index is 9.35. The molecule has 2 aromatic rings. The molecule has 4 rings (SSSR count). The molecule has 3 nitrogen and oxygen atoms in total. The number of unbranched alkanes of at least 4 members (excludes halogenated alkanes) is 1. The van der Waals surface area contributed by atoms with Gasteiger partial charge in [0.05, 0.1) is 6.10 Å². The first-order valence-electron chi connectivity index (χ1n) is 11.5. The van der Waals surface area contributed by atoms with E-state index >= 15 is 0 Å². The minimum atomic E-state index is -0.129. The van der Waals surface area contributed by atoms with Gasteiger partial charge in [-0.2, -0.15) is 0 Å². The Morgan fingerprint density at radius 1 is 1.06 bits per heavy atom. The van der Waals surface area contributed by atoms with Gasteiger partial charge in [-0.15, -0.1) is 0 Å². The van der Waals surface area contributed by atoms with E-state index in [1.807, 2.05) is 0 Å². The van der Waals surface area contributed by atoms with Gasteiger partial charge in [-0.1, -0.05) is 72.8 Å². The molecule has 0 bridgehead atoms. The Morgan fingerprint density at radius 2 is 1.77 bits per heavy atom. The van der Waals surface area contributed by atoms with Gasteiger partial charge in [0, 0.05) is 25.0 Å². The summed E-state index contributed by atoms with van der Waals surface area (Å²) in [5, 5.41) is 9.35. The summed E-state index contributed by atoms with van der Waals surface area (Å²) < 4.78 is 11.5. The van der Waals surface area contributed by atoms with Gasteiger partial charge in [0.1, 0.15) is 6.79 Å². The van der Waals surface area contributed by atoms with Gasteiger partial charge in [-0.3, -0.25) is 0 Å². The highest BCUT2D eigenvalue weighted by Crippen LogP contribution is 2.66. The summed E-state index contributed by atoms with van der Waals surface area (Å²) in [6.45, 7) is 5.28. The molecule has 0 heterocycles. The normalized spacial score (nSPS) is 25.1. The monoisotopic (exact) mass is 418 g/mol. The number of aliphatic hydroxyl groups excluding tert-OH is 1. The summed E-state index contributed by atoms with van der Waals surface area (Å²) in [6.07, 6.45) is 6.10. The molecule has 2 aliphatic rings. The molecule has 164 valence electrons. The molecule has 1 saturated carbocycles. The lowest BCUT2D eigenvalue weighted by Gasteiger charge is -2.37. The summed E-state index contributed by atoms with van der Waals surface area (Å²) >= 11 is 0. The first kappa shape index (κ1) is 22.0. The predicted molar refractivity (Wildman–Crippen MR) is 126 cm³/mol. The van der Waals surface area contributed by atoms with Crippen LogP contribution in [0.25, 0.3) is 11.1 Å². The molecule has 0 aromatic heterocycles. The molecule has 3 heteroatoms. The average molecular weight is 419 g/mol. The Labute approximate surface area is 186 Å². The first-order chi connectivity index (χ1) is 15.2. The predicted octanol–water partition coefficient (Wildman–Crippen LogP) is 6.11. The number of fused-ring (bicyclic) bond motifs is 1. The zero-order chi connectivity index (χ0) is 21.7. The maximum absolute atomic E-state index is 9.35. The zero-order valence-corrected chi connectivity index (χ0v) is 18.6. The third kappa shape index (κ3) is 4.15. The van der Waals surface area contributed by atoms with E-state index in [-0.39, 0.29) is 18.1 Å². The van der Waals surface area contributed by atoms with E-state index in [1.54, 1.807) is 7.11 Å². The number of allylic oxidation sites excluding steroid dienone is 3. The van der Waals surface area contributed by atoms with Gasteiger partial charge < -0.3 is 14.6 Å². The maximum Gasteiger partial charge on any atom is 0.146 e. The number of ether oxygens (including phenoxy) is 2. The van der Waals surface area contributed by atoms with Gasteiger partial charge >= 0.3 is 0 Å². The van der Waals surface area contributed by atoms with Gasteiger partial charge in [0.25, 0.3) is 0 Å². The number of benzene rings is 2. The molecule has 1 fully saturated rings. The van der Waals surface area contributed by atoms with E-state index in [1.165, 1.54) is 27.8 Å². The van der Waals surface area contributed by atoms with Crippen LogP contribution in [0.3, 0.4) is 0 Å². The van der Waals surface area contributed by atoms with E-state index in [0.717, 1.165) is 38.5 Å². The number of aliphatic hydroxyl groups is 1. The van der Waals surface area contributed by atoms with Crippen LogP contribution >= 0.6 is 0 Å². The first-order valence-corrected chi connectivity index (χ1v) is 11.5. The molecule has 0 spiro atoms. The molecule has 1 N–H and O–H groups in total. The summed E-state index contributed by atoms with van der Waals surface area (Å²) in [5.74, 6) is 0.356. The third-order valence-electron chi connectivity index (χ3n) is 7.18. The van der Waals surface area contributed by atoms with Crippen molar-refractivity contribution < 1.29 is 14.6 Å². The van der Waals surface area contributed by atoms with Crippen molar-refractivity contribution in [1.82, 2.24) is 0 Å². The van der Waals surface area contributed by atoms with Crippen LogP contribution in [-0.4, -0.2) is 31.7 Å². The van der Waals surface area contributed by atoms with E-state index < -0.39 is 0 Å². The van der Waals surface area contributed by atoms with Gasteiger partial charge in [0.2, 0.25) is 0 Å². The Hall–Kier alpha value is -2.20. The highest BCUT2D eigenvalue weighted by Gasteiger charge is 2.57. The van der Waals surface area contributed by atoms with Gasteiger partial charge in [-0.05, 0) is 60.8 Å². The molecule has 0 saturated heterocycles. The lowest BCUT2D eigenvalue weighted by Crippen LogP contribution is -2.30. The van der Waals surface area contributed by atoms with Gasteiger partial charge in [-0.25, -0.2) is 0 Å². The van der Waals surface area contributed by atoms with Crippen molar-refractivity contribution in [3.8, 4) is 0 Å². The molecule has 0 aliphatic heterocycles. The second kappa shape index (κ2) is 9.95. The second-order valence-electron chi connectivity index (χ2n) is 8.80. The lowest BCUT2D eigenvalue weighted by atomic mass is 9.66. The van der Waals surface area contributed by atoms with Crippen molar-refractivity contribution in [1.29, 1.82) is 0 Å². The van der Waals surface area contributed by atoms with E-state index in [2.05, 4.69) is 60.7 Å². The fourth-order valence-electron chi connectivity index (χ4n) is 5.89. The standard InChI is InChI=1S/C28H34O3/c1-21(22-11-5-3-6-12-22)28-17-16-26(31-20-30-2)25(28)19-24(15-9-10-18-29)27(28)23-13-7-4-8-14-23/h3-8,11-14,25-26,29H,1,9-10,15-20H2,2H3/t25?,26-,28+/m1/s1. The van der Waals surface area contributed by atoms with Crippen LogP contribution in [0.2, 0.25) is 0 Å². The molecule has 0 amide bonds. The molecule has 3 atom stereocenters. The number of rotatable bonds is 10. The third-order valence-corrected chi connectivity index (χ3v) is 7.18. The van der Waals surface area contributed by atoms with Crippen molar-refractivity contribution in [2.45, 2.75) is 44.6 Å². The topological polar surface area (TPSA) is 38.7 Å². The smallest absolute Gasteiger partial charge is 0.146 e. The number of hydrogen-bond donors (Lipinski definition) is 1. The van der Waals surface area contributed by atoms with Crippen molar-refractivity contribution in [2.24, 2.45) is 11.3 Å². The molecule has 31 heavy (non-hydrogen) atoms. The van der Waals surface area contributed by atoms with Crippen molar-refractivity contribution in [2.75, 3.05) is 20.5 Å². The SMILES string of the molecule is C=C(c1ccccc1)[C@@]12CC[C@@H](OCOC)C1CC(CCCCO)=C2c1ccccc1. The quantitative estimate of drug-likeness (QED) is 0.374. The Kier molecular flexibility index (Phi) is 7.06. The lowest BCUT2D eigenvalue weighted by molar-refractivity contribution is -0.0858. The Bertz CT molecular complexity index is 902. The van der Waals surface area contributed by atoms with Crippen LogP contribution < -0.4 is 0 Å². The van der Waals surface area contributed by atoms with Gasteiger partial charge in [0.15, 0.2) is 0 Å². The van der Waals surface area contributed by atoms with E-state index in [9.17, 15) is 5.11 Å². The number of hydrogen-bond acceptors (Lipinski definition) is 3. The molecular formula is C28H34O3. The summed E-state index contributed by atoms with van der Waals surface area (Å²) in [6, 6.07) is 21.5. The number of methoxy groups -OCH3 is 1. The summed E-state index contributed by atoms with van der Waals surface area (Å²) in [7, 11) is 1.69. The molecule has 2 aliphatic carbocycles. The van der Waals surface area contributed by atoms with Crippen LogP contribution in [0.5, 0.6) is 0 Å². The zero-order valence-electron chi connectivity index (χ0n) is 18.6. The molecule has 0 radical (unpaired) electrons. The molecule has 2 aromatic carbocycles. The van der Waals surface area contributed by atoms with E-state index in [0.29, 0.717) is 12.7 Å². The Balaban J connectivity index is 1.82. The Morgan fingerprint density at radius 3 is 2.45 bits per heavy atom. The highest BCUT2D eigenvalue weighted by molar-refractivity contribution is 5.90. The minimum absolute atomic E-state index is 0.129. The van der Waals surface area contributed by atoms with Crippen LogP contribution in [0.15, 0.2) is 72.8 Å².